The smallest absolute Gasteiger partial charge is 0.110 e. The van der Waals surface area contributed by atoms with E-state index in [-0.39, 0.29) is 0 Å². The summed E-state index contributed by atoms with van der Waals surface area (Å²) in [7, 11) is 0. The van der Waals surface area contributed by atoms with Gasteiger partial charge < -0.3 is 4.98 Å². The number of nitrogens with one attached hydrogen (secondary N) is 1. The molecule has 1 aliphatic rings. The Hall–Kier alpha value is -1.80. The highest BCUT2D eigenvalue weighted by molar-refractivity contribution is 6.34. The van der Waals surface area contributed by atoms with Crippen LogP contribution in [0.1, 0.15) is 29.3 Å². The van der Waals surface area contributed by atoms with Gasteiger partial charge in [-0.05, 0) is 42.5 Å². The van der Waals surface area contributed by atoms with Crippen molar-refractivity contribution in [1.29, 1.82) is 0 Å². The van der Waals surface area contributed by atoms with Crippen LogP contribution in [0.3, 0.4) is 0 Å². The lowest BCUT2D eigenvalue weighted by Gasteiger charge is -2.22. The second-order valence-corrected chi connectivity index (χ2v) is 5.87. The van der Waals surface area contributed by atoms with Crippen LogP contribution in [0.2, 0.25) is 5.02 Å². The maximum Gasteiger partial charge on any atom is 0.110 e. The first-order valence-electron chi connectivity index (χ1n) is 7.02. The number of fused-ring (bicyclic) bond motifs is 2. The zero-order chi connectivity index (χ0) is 13.5. The first-order valence-corrected chi connectivity index (χ1v) is 7.40. The first-order chi connectivity index (χ1) is 9.81. The maximum absolute atomic E-state index is 6.21. The SMILES string of the molecule is Clc1cccc2[nH]c(C3CCc4ccccc4C3)nc12. The minimum atomic E-state index is 0.466. The van der Waals surface area contributed by atoms with Crippen LogP contribution in [0.25, 0.3) is 11.0 Å². The van der Waals surface area contributed by atoms with Gasteiger partial charge in [-0.1, -0.05) is 41.9 Å². The number of aromatic amines is 1. The van der Waals surface area contributed by atoms with E-state index < -0.39 is 0 Å². The Morgan fingerprint density at radius 3 is 2.75 bits per heavy atom. The summed E-state index contributed by atoms with van der Waals surface area (Å²) in [5.41, 5.74) is 4.86. The van der Waals surface area contributed by atoms with Gasteiger partial charge in [-0.15, -0.1) is 0 Å². The van der Waals surface area contributed by atoms with Gasteiger partial charge >= 0.3 is 0 Å². The second-order valence-electron chi connectivity index (χ2n) is 5.47. The van der Waals surface area contributed by atoms with Crippen LogP contribution in [-0.4, -0.2) is 9.97 Å². The summed E-state index contributed by atoms with van der Waals surface area (Å²) in [5, 5.41) is 0.723. The Morgan fingerprint density at radius 2 is 1.90 bits per heavy atom. The molecule has 3 aromatic rings. The second kappa shape index (κ2) is 4.64. The molecule has 0 spiro atoms. The van der Waals surface area contributed by atoms with Crippen molar-refractivity contribution < 1.29 is 0 Å². The fourth-order valence-corrected chi connectivity index (χ4v) is 3.36. The molecule has 1 aromatic heterocycles. The summed E-state index contributed by atoms with van der Waals surface area (Å²) in [4.78, 5) is 8.16. The van der Waals surface area contributed by atoms with E-state index in [1.807, 2.05) is 18.2 Å². The molecule has 0 radical (unpaired) electrons. The number of aromatic nitrogens is 2. The molecule has 1 unspecified atom stereocenters. The average Bonchev–Trinajstić information content (AvgIpc) is 2.92. The van der Waals surface area contributed by atoms with E-state index in [9.17, 15) is 0 Å². The Kier molecular flexibility index (Phi) is 2.78. The molecule has 0 saturated heterocycles. The predicted molar refractivity (Wildman–Crippen MR) is 82.3 cm³/mol. The van der Waals surface area contributed by atoms with Crippen LogP contribution in [0.4, 0.5) is 0 Å². The van der Waals surface area contributed by atoms with E-state index in [2.05, 4.69) is 29.2 Å². The number of H-pyrrole nitrogens is 1. The summed E-state index contributed by atoms with van der Waals surface area (Å²) >= 11 is 6.21. The van der Waals surface area contributed by atoms with Crippen molar-refractivity contribution in [3.8, 4) is 0 Å². The maximum atomic E-state index is 6.21. The van der Waals surface area contributed by atoms with Gasteiger partial charge in [0.25, 0.3) is 0 Å². The summed E-state index contributed by atoms with van der Waals surface area (Å²) < 4.78 is 0. The Morgan fingerprint density at radius 1 is 1.05 bits per heavy atom. The minimum absolute atomic E-state index is 0.466. The van der Waals surface area contributed by atoms with Crippen LogP contribution in [-0.2, 0) is 12.8 Å². The number of hydrogen-bond donors (Lipinski definition) is 1. The first kappa shape index (κ1) is 12.0. The molecule has 1 heterocycles. The average molecular weight is 283 g/mol. The molecule has 2 nitrogen and oxygen atoms in total. The van der Waals surface area contributed by atoms with Crippen molar-refractivity contribution in [3.63, 3.8) is 0 Å². The van der Waals surface area contributed by atoms with E-state index in [1.165, 1.54) is 11.1 Å². The topological polar surface area (TPSA) is 28.7 Å². The van der Waals surface area contributed by atoms with Gasteiger partial charge in [-0.3, -0.25) is 0 Å². The van der Waals surface area contributed by atoms with Gasteiger partial charge in [0, 0.05) is 5.92 Å². The molecule has 0 bridgehead atoms. The fraction of sp³-hybridized carbons (Fsp3) is 0.235. The third-order valence-electron chi connectivity index (χ3n) is 4.22. The molecule has 0 fully saturated rings. The number of imidazole rings is 1. The van der Waals surface area contributed by atoms with Crippen molar-refractivity contribution in [2.75, 3.05) is 0 Å². The lowest BCUT2D eigenvalue weighted by molar-refractivity contribution is 0.561. The summed E-state index contributed by atoms with van der Waals surface area (Å²) in [6, 6.07) is 14.6. The molecule has 20 heavy (non-hydrogen) atoms. The van der Waals surface area contributed by atoms with Crippen molar-refractivity contribution in [1.82, 2.24) is 9.97 Å². The number of rotatable bonds is 1. The molecule has 4 rings (SSSR count). The molecule has 0 saturated carbocycles. The quantitative estimate of drug-likeness (QED) is 0.700. The van der Waals surface area contributed by atoms with Crippen LogP contribution >= 0.6 is 11.6 Å². The lowest BCUT2D eigenvalue weighted by atomic mass is 9.83. The van der Waals surface area contributed by atoms with E-state index in [1.54, 1.807) is 0 Å². The number of hydrogen-bond acceptors (Lipinski definition) is 1. The van der Waals surface area contributed by atoms with Gasteiger partial charge in [0.2, 0.25) is 0 Å². The van der Waals surface area contributed by atoms with Crippen molar-refractivity contribution >= 4 is 22.6 Å². The zero-order valence-corrected chi connectivity index (χ0v) is 11.8. The number of nitrogens with zero attached hydrogens (tertiary/aromatic N) is 1. The molecule has 2 aromatic carbocycles. The zero-order valence-electron chi connectivity index (χ0n) is 11.1. The van der Waals surface area contributed by atoms with Crippen LogP contribution in [0.15, 0.2) is 42.5 Å². The number of aryl methyl sites for hydroxylation is 1. The molecule has 0 aliphatic heterocycles. The molecular formula is C17H15ClN2. The molecule has 1 N–H and O–H groups in total. The van der Waals surface area contributed by atoms with Crippen molar-refractivity contribution in [3.05, 3.63) is 64.4 Å². The highest BCUT2D eigenvalue weighted by Crippen LogP contribution is 2.33. The fourth-order valence-electron chi connectivity index (χ4n) is 3.14. The third-order valence-corrected chi connectivity index (χ3v) is 4.52. The minimum Gasteiger partial charge on any atom is -0.342 e. The molecule has 100 valence electrons. The Balaban J connectivity index is 1.72. The van der Waals surface area contributed by atoms with Gasteiger partial charge in [-0.2, -0.15) is 0 Å². The standard InChI is InChI=1S/C17H15ClN2/c18-14-6-3-7-15-16(14)20-17(19-15)13-9-8-11-4-1-2-5-12(11)10-13/h1-7,13H,8-10H2,(H,19,20). The summed E-state index contributed by atoms with van der Waals surface area (Å²) in [6.45, 7) is 0. The van der Waals surface area contributed by atoms with Crippen LogP contribution < -0.4 is 0 Å². The van der Waals surface area contributed by atoms with E-state index in [0.29, 0.717) is 5.92 Å². The third kappa shape index (κ3) is 1.92. The molecule has 1 atom stereocenters. The Labute approximate surface area is 122 Å². The van der Waals surface area contributed by atoms with Crippen molar-refractivity contribution in [2.24, 2.45) is 0 Å². The monoisotopic (exact) mass is 282 g/mol. The lowest BCUT2D eigenvalue weighted by Crippen LogP contribution is -2.13. The highest BCUT2D eigenvalue weighted by atomic mass is 35.5. The predicted octanol–water partition coefficient (Wildman–Crippen LogP) is 4.49. The number of halogens is 1. The van der Waals surface area contributed by atoms with Crippen LogP contribution in [0.5, 0.6) is 0 Å². The molecular weight excluding hydrogens is 268 g/mol. The highest BCUT2D eigenvalue weighted by Gasteiger charge is 2.22. The number of benzene rings is 2. The van der Waals surface area contributed by atoms with E-state index in [0.717, 1.165) is 41.1 Å². The van der Waals surface area contributed by atoms with Gasteiger partial charge in [-0.25, -0.2) is 4.98 Å². The Bertz CT molecular complexity index is 776. The van der Waals surface area contributed by atoms with Crippen molar-refractivity contribution in [2.45, 2.75) is 25.2 Å². The van der Waals surface area contributed by atoms with Crippen LogP contribution in [0, 0.1) is 0 Å². The normalized spacial score (nSPS) is 18.1. The summed E-state index contributed by atoms with van der Waals surface area (Å²) in [5.74, 6) is 1.54. The van der Waals surface area contributed by atoms with Gasteiger partial charge in [0.15, 0.2) is 0 Å². The van der Waals surface area contributed by atoms with Gasteiger partial charge in [0.1, 0.15) is 11.3 Å². The number of para-hydroxylation sites is 1. The molecule has 1 aliphatic carbocycles. The van der Waals surface area contributed by atoms with E-state index >= 15 is 0 Å². The molecule has 0 amide bonds. The van der Waals surface area contributed by atoms with Gasteiger partial charge in [0.05, 0.1) is 10.5 Å². The summed E-state index contributed by atoms with van der Waals surface area (Å²) in [6.07, 6.45) is 3.34. The largest absolute Gasteiger partial charge is 0.342 e. The van der Waals surface area contributed by atoms with E-state index in [4.69, 9.17) is 16.6 Å². The molecule has 3 heteroatoms.